The third-order valence-corrected chi connectivity index (χ3v) is 4.14. The molecule has 0 aromatic heterocycles. The number of hydrogen-bond acceptors (Lipinski definition) is 5. The molecule has 1 aromatic rings. The van der Waals surface area contributed by atoms with Gasteiger partial charge in [0.15, 0.2) is 5.41 Å². The minimum absolute atomic E-state index is 0.173. The number of benzene rings is 1. The molecule has 1 aliphatic carbocycles. The topological polar surface area (TPSA) is 72.8 Å². The van der Waals surface area contributed by atoms with Gasteiger partial charge in [-0.25, -0.2) is 0 Å². The lowest BCUT2D eigenvalue weighted by Crippen LogP contribution is -2.42. The summed E-state index contributed by atoms with van der Waals surface area (Å²) in [5, 5.41) is 9.89. The highest BCUT2D eigenvalue weighted by Gasteiger charge is 2.53. The summed E-state index contributed by atoms with van der Waals surface area (Å²) in [5.74, 6) is -1.02. The van der Waals surface area contributed by atoms with Crippen LogP contribution in [0.5, 0.6) is 5.75 Å². The molecule has 5 heteroatoms. The number of rotatable bonds is 2. The van der Waals surface area contributed by atoms with Crippen LogP contribution in [0.15, 0.2) is 6.07 Å². The van der Waals surface area contributed by atoms with Crippen LogP contribution >= 0.6 is 0 Å². The van der Waals surface area contributed by atoms with Crippen LogP contribution in [-0.2, 0) is 31.9 Å². The molecule has 0 unspecified atom stereocenters. The van der Waals surface area contributed by atoms with Gasteiger partial charge in [0.25, 0.3) is 0 Å². The number of carbonyl (C=O) groups is 2. The first-order valence-electron chi connectivity index (χ1n) is 6.35. The fraction of sp³-hybridized carbons (Fsp3) is 0.467. The van der Waals surface area contributed by atoms with E-state index in [9.17, 15) is 14.7 Å². The van der Waals surface area contributed by atoms with E-state index in [1.165, 1.54) is 14.2 Å². The number of fused-ring (bicyclic) bond motifs is 1. The third kappa shape index (κ3) is 1.85. The summed E-state index contributed by atoms with van der Waals surface area (Å²) in [6.45, 7) is 3.63. The van der Waals surface area contributed by atoms with Crippen LogP contribution in [0, 0.1) is 19.3 Å². The maximum Gasteiger partial charge on any atom is 0.323 e. The van der Waals surface area contributed by atoms with Gasteiger partial charge in [-0.15, -0.1) is 0 Å². The van der Waals surface area contributed by atoms with Gasteiger partial charge in [-0.05, 0) is 42.2 Å². The molecule has 0 amide bonds. The molecular weight excluding hydrogens is 260 g/mol. The summed E-state index contributed by atoms with van der Waals surface area (Å²) >= 11 is 0. The van der Waals surface area contributed by atoms with Crippen molar-refractivity contribution in [1.29, 1.82) is 0 Å². The first-order chi connectivity index (χ1) is 9.37. The Kier molecular flexibility index (Phi) is 3.46. The molecule has 5 nitrogen and oxygen atoms in total. The molecule has 1 aromatic carbocycles. The van der Waals surface area contributed by atoms with E-state index in [0.29, 0.717) is 5.56 Å². The Balaban J connectivity index is 2.59. The zero-order chi connectivity index (χ0) is 15.1. The van der Waals surface area contributed by atoms with Gasteiger partial charge in [-0.2, -0.15) is 0 Å². The third-order valence-electron chi connectivity index (χ3n) is 4.14. The van der Waals surface area contributed by atoms with Gasteiger partial charge in [-0.3, -0.25) is 9.59 Å². The van der Waals surface area contributed by atoms with Crippen molar-refractivity contribution in [2.24, 2.45) is 5.41 Å². The minimum Gasteiger partial charge on any atom is -0.508 e. The SMILES string of the molecule is COC(=O)C1(C(=O)OC)Cc2c(C)cc(O)c(C)c2C1. The smallest absolute Gasteiger partial charge is 0.323 e. The summed E-state index contributed by atoms with van der Waals surface area (Å²) in [5.41, 5.74) is 1.96. The molecule has 0 saturated heterocycles. The van der Waals surface area contributed by atoms with Crippen molar-refractivity contribution in [2.45, 2.75) is 26.7 Å². The molecule has 0 atom stereocenters. The van der Waals surface area contributed by atoms with Crippen molar-refractivity contribution in [2.75, 3.05) is 14.2 Å². The van der Waals surface area contributed by atoms with Crippen LogP contribution in [0.25, 0.3) is 0 Å². The number of ether oxygens (including phenoxy) is 2. The highest BCUT2D eigenvalue weighted by atomic mass is 16.5. The summed E-state index contributed by atoms with van der Waals surface area (Å²) in [6.07, 6.45) is 0.442. The maximum absolute atomic E-state index is 12.1. The van der Waals surface area contributed by atoms with Gasteiger partial charge in [-0.1, -0.05) is 0 Å². The van der Waals surface area contributed by atoms with Crippen molar-refractivity contribution in [1.82, 2.24) is 0 Å². The van der Waals surface area contributed by atoms with E-state index in [1.807, 2.05) is 6.92 Å². The monoisotopic (exact) mass is 278 g/mol. The number of aryl methyl sites for hydroxylation is 1. The number of hydrogen-bond donors (Lipinski definition) is 1. The first kappa shape index (κ1) is 14.4. The van der Waals surface area contributed by atoms with E-state index >= 15 is 0 Å². The molecule has 0 heterocycles. The molecule has 0 saturated carbocycles. The molecule has 0 fully saturated rings. The van der Waals surface area contributed by atoms with Crippen LogP contribution in [0.1, 0.15) is 22.3 Å². The Labute approximate surface area is 117 Å². The van der Waals surface area contributed by atoms with Crippen LogP contribution in [0.4, 0.5) is 0 Å². The number of carbonyl (C=O) groups excluding carboxylic acids is 2. The van der Waals surface area contributed by atoms with Gasteiger partial charge in [0, 0.05) is 12.8 Å². The summed E-state index contributed by atoms with van der Waals surface area (Å²) in [7, 11) is 2.51. The van der Waals surface area contributed by atoms with Crippen molar-refractivity contribution >= 4 is 11.9 Å². The standard InChI is InChI=1S/C15H18O5/c1-8-5-12(16)9(2)11-7-15(6-10(8)11,13(17)19-3)14(18)20-4/h5,16H,6-7H2,1-4H3. The highest BCUT2D eigenvalue weighted by Crippen LogP contribution is 2.44. The predicted molar refractivity (Wildman–Crippen MR) is 71.5 cm³/mol. The molecule has 0 bridgehead atoms. The molecule has 20 heavy (non-hydrogen) atoms. The van der Waals surface area contributed by atoms with Crippen molar-refractivity contribution in [3.05, 3.63) is 28.3 Å². The summed E-state index contributed by atoms with van der Waals surface area (Å²) in [6, 6.07) is 1.65. The Morgan fingerprint density at radius 1 is 1.10 bits per heavy atom. The minimum atomic E-state index is -1.34. The molecule has 108 valence electrons. The van der Waals surface area contributed by atoms with Crippen molar-refractivity contribution < 1.29 is 24.2 Å². The molecular formula is C15H18O5. The average Bonchev–Trinajstić information content (AvgIpc) is 2.85. The quantitative estimate of drug-likeness (QED) is 0.654. The molecule has 0 aliphatic heterocycles. The lowest BCUT2D eigenvalue weighted by atomic mass is 9.84. The van der Waals surface area contributed by atoms with E-state index in [0.717, 1.165) is 16.7 Å². The number of phenols is 1. The zero-order valence-corrected chi connectivity index (χ0v) is 12.1. The van der Waals surface area contributed by atoms with E-state index in [4.69, 9.17) is 9.47 Å². The molecule has 0 radical (unpaired) electrons. The lowest BCUT2D eigenvalue weighted by molar-refractivity contribution is -0.168. The van der Waals surface area contributed by atoms with E-state index in [-0.39, 0.29) is 18.6 Å². The Morgan fingerprint density at radius 3 is 2.10 bits per heavy atom. The van der Waals surface area contributed by atoms with Gasteiger partial charge in [0.05, 0.1) is 14.2 Å². The summed E-state index contributed by atoms with van der Waals surface area (Å²) in [4.78, 5) is 24.3. The number of aromatic hydroxyl groups is 1. The maximum atomic E-state index is 12.1. The zero-order valence-electron chi connectivity index (χ0n) is 12.1. The summed E-state index contributed by atoms with van der Waals surface area (Å²) < 4.78 is 9.60. The van der Waals surface area contributed by atoms with Crippen molar-refractivity contribution in [3.8, 4) is 5.75 Å². The first-order valence-corrected chi connectivity index (χ1v) is 6.35. The second-order valence-electron chi connectivity index (χ2n) is 5.21. The van der Waals surface area contributed by atoms with Gasteiger partial charge < -0.3 is 14.6 Å². The number of esters is 2. The molecule has 1 N–H and O–H groups in total. The van der Waals surface area contributed by atoms with E-state index < -0.39 is 17.4 Å². The normalized spacial score (nSPS) is 15.6. The highest BCUT2D eigenvalue weighted by molar-refractivity contribution is 6.01. The van der Waals surface area contributed by atoms with Crippen LogP contribution < -0.4 is 0 Å². The lowest BCUT2D eigenvalue weighted by Gasteiger charge is -2.22. The molecule has 1 aliphatic rings. The van der Waals surface area contributed by atoms with Crippen LogP contribution in [0.2, 0.25) is 0 Å². The average molecular weight is 278 g/mol. The van der Waals surface area contributed by atoms with Gasteiger partial charge in [0.2, 0.25) is 0 Å². The Hall–Kier alpha value is -2.04. The van der Waals surface area contributed by atoms with E-state index in [1.54, 1.807) is 13.0 Å². The largest absolute Gasteiger partial charge is 0.508 e. The Bertz CT molecular complexity index is 572. The molecule has 2 rings (SSSR count). The van der Waals surface area contributed by atoms with Crippen LogP contribution in [-0.4, -0.2) is 31.3 Å². The molecule has 0 spiro atoms. The van der Waals surface area contributed by atoms with Crippen LogP contribution in [0.3, 0.4) is 0 Å². The van der Waals surface area contributed by atoms with E-state index in [2.05, 4.69) is 0 Å². The van der Waals surface area contributed by atoms with Crippen molar-refractivity contribution in [3.63, 3.8) is 0 Å². The fourth-order valence-electron chi connectivity index (χ4n) is 2.93. The number of phenolic OH excluding ortho intramolecular Hbond substituents is 1. The van der Waals surface area contributed by atoms with Gasteiger partial charge >= 0.3 is 11.9 Å². The predicted octanol–water partition coefficient (Wildman–Crippen LogP) is 1.44. The second-order valence-corrected chi connectivity index (χ2v) is 5.21. The fourth-order valence-corrected chi connectivity index (χ4v) is 2.93. The second kappa shape index (κ2) is 4.81. The number of methoxy groups -OCH3 is 2. The Morgan fingerprint density at radius 2 is 1.60 bits per heavy atom. The van der Waals surface area contributed by atoms with Gasteiger partial charge in [0.1, 0.15) is 5.75 Å².